The molecule has 1 saturated heterocycles. The number of halogens is 3. The number of hydrogen-bond acceptors (Lipinski definition) is 2. The van der Waals surface area contributed by atoms with E-state index in [4.69, 9.17) is 5.73 Å². The Balaban J connectivity index is 2.45. The molecular formula is C10H9BrF2N2O. The molecule has 0 saturated carbocycles. The van der Waals surface area contributed by atoms with Gasteiger partial charge < -0.3 is 10.6 Å². The predicted molar refractivity (Wildman–Crippen MR) is 59.0 cm³/mol. The maximum Gasteiger partial charge on any atom is 0.244 e. The van der Waals surface area contributed by atoms with Gasteiger partial charge >= 0.3 is 0 Å². The molecule has 2 rings (SSSR count). The normalized spacial score (nSPS) is 20.6. The van der Waals surface area contributed by atoms with Gasteiger partial charge in [-0.05, 0) is 18.6 Å². The van der Waals surface area contributed by atoms with Gasteiger partial charge in [-0.15, -0.1) is 0 Å². The van der Waals surface area contributed by atoms with Crippen molar-refractivity contribution in [3.05, 3.63) is 28.2 Å². The highest BCUT2D eigenvalue weighted by Gasteiger charge is 2.33. The zero-order valence-electron chi connectivity index (χ0n) is 8.21. The number of anilines is 1. The molecule has 86 valence electrons. The average Bonchev–Trinajstić information content (AvgIpc) is 2.48. The Morgan fingerprint density at radius 2 is 1.94 bits per heavy atom. The van der Waals surface area contributed by atoms with Crippen molar-refractivity contribution in [1.82, 2.24) is 0 Å². The molecule has 1 unspecified atom stereocenters. The third-order valence-electron chi connectivity index (χ3n) is 2.50. The molecule has 2 N–H and O–H groups in total. The number of rotatable bonds is 1. The first-order valence-corrected chi connectivity index (χ1v) is 5.51. The summed E-state index contributed by atoms with van der Waals surface area (Å²) in [6.07, 6.45) is 0.410. The highest BCUT2D eigenvalue weighted by atomic mass is 79.9. The summed E-state index contributed by atoms with van der Waals surface area (Å²) >= 11 is 2.97. The van der Waals surface area contributed by atoms with Gasteiger partial charge in [-0.2, -0.15) is 0 Å². The number of nitrogens with zero attached hydrogens (tertiary/aromatic N) is 1. The fourth-order valence-corrected chi connectivity index (χ4v) is 2.12. The first kappa shape index (κ1) is 11.5. The van der Waals surface area contributed by atoms with Crippen LogP contribution >= 0.6 is 15.9 Å². The van der Waals surface area contributed by atoms with Gasteiger partial charge in [0.05, 0.1) is 6.04 Å². The highest BCUT2D eigenvalue weighted by Crippen LogP contribution is 2.29. The number of carbonyl (C=O) groups excluding carboxylic acids is 1. The number of amides is 1. The molecule has 0 aliphatic carbocycles. The molecule has 0 radical (unpaired) electrons. The first-order chi connectivity index (χ1) is 7.50. The second-order valence-electron chi connectivity index (χ2n) is 3.60. The maximum absolute atomic E-state index is 13.6. The van der Waals surface area contributed by atoms with Crippen molar-refractivity contribution in [3.8, 4) is 0 Å². The van der Waals surface area contributed by atoms with Gasteiger partial charge in [-0.1, -0.05) is 15.9 Å². The van der Waals surface area contributed by atoms with E-state index in [9.17, 15) is 13.6 Å². The van der Waals surface area contributed by atoms with Crippen LogP contribution in [0.4, 0.5) is 14.5 Å². The van der Waals surface area contributed by atoms with Gasteiger partial charge in [0.1, 0.15) is 5.69 Å². The van der Waals surface area contributed by atoms with E-state index in [-0.39, 0.29) is 12.2 Å². The lowest BCUT2D eigenvalue weighted by atomic mass is 10.2. The van der Waals surface area contributed by atoms with E-state index in [1.165, 1.54) is 0 Å². The van der Waals surface area contributed by atoms with E-state index in [1.807, 2.05) is 0 Å². The summed E-state index contributed by atoms with van der Waals surface area (Å²) in [6.45, 7) is 0.246. The molecular weight excluding hydrogens is 282 g/mol. The lowest BCUT2D eigenvalue weighted by molar-refractivity contribution is -0.118. The van der Waals surface area contributed by atoms with Crippen molar-refractivity contribution in [2.75, 3.05) is 11.4 Å². The van der Waals surface area contributed by atoms with E-state index in [1.54, 1.807) is 0 Å². The molecule has 1 atom stereocenters. The molecule has 1 aromatic rings. The summed E-state index contributed by atoms with van der Waals surface area (Å²) in [7, 11) is 0. The van der Waals surface area contributed by atoms with E-state index in [0.717, 1.165) is 17.0 Å². The quantitative estimate of drug-likeness (QED) is 0.857. The lowest BCUT2D eigenvalue weighted by Gasteiger charge is -2.17. The van der Waals surface area contributed by atoms with Crippen LogP contribution in [0.25, 0.3) is 0 Å². The maximum atomic E-state index is 13.6. The Morgan fingerprint density at radius 3 is 2.38 bits per heavy atom. The largest absolute Gasteiger partial charge is 0.320 e. The van der Waals surface area contributed by atoms with Crippen LogP contribution in [0.1, 0.15) is 6.42 Å². The summed E-state index contributed by atoms with van der Waals surface area (Å²) in [6, 6.07) is 1.58. The average molecular weight is 291 g/mol. The van der Waals surface area contributed by atoms with Crippen LogP contribution in [-0.4, -0.2) is 18.5 Å². The summed E-state index contributed by atoms with van der Waals surface area (Å²) in [5, 5.41) is 0. The van der Waals surface area contributed by atoms with Crippen molar-refractivity contribution < 1.29 is 13.6 Å². The number of benzene rings is 1. The van der Waals surface area contributed by atoms with Crippen LogP contribution in [0.5, 0.6) is 0 Å². The Kier molecular flexibility index (Phi) is 2.94. The molecule has 1 amide bonds. The lowest BCUT2D eigenvalue weighted by Crippen LogP contribution is -2.34. The second kappa shape index (κ2) is 4.10. The Bertz CT molecular complexity index is 429. The second-order valence-corrected chi connectivity index (χ2v) is 4.52. The number of nitrogens with two attached hydrogens (primary N) is 1. The standard InChI is InChI=1S/C10H9BrF2N2O/c11-5-3-6(12)9(7(13)4-5)15-2-1-8(14)10(15)16/h3-4,8H,1-2,14H2. The summed E-state index contributed by atoms with van der Waals surface area (Å²) in [4.78, 5) is 12.6. The SMILES string of the molecule is NC1CCN(c2c(F)cc(Br)cc2F)C1=O. The Labute approximate surface area is 99.3 Å². The fraction of sp³-hybridized carbons (Fsp3) is 0.300. The number of carbonyl (C=O) groups is 1. The first-order valence-electron chi connectivity index (χ1n) is 4.72. The fourth-order valence-electron chi connectivity index (χ4n) is 1.72. The van der Waals surface area contributed by atoms with Crippen LogP contribution in [-0.2, 0) is 4.79 Å². The van der Waals surface area contributed by atoms with Crippen LogP contribution < -0.4 is 10.6 Å². The molecule has 16 heavy (non-hydrogen) atoms. The predicted octanol–water partition coefficient (Wildman–Crippen LogP) is 1.79. The van der Waals surface area contributed by atoms with E-state index in [2.05, 4.69) is 15.9 Å². The zero-order valence-corrected chi connectivity index (χ0v) is 9.80. The van der Waals surface area contributed by atoms with E-state index in [0.29, 0.717) is 10.9 Å². The van der Waals surface area contributed by atoms with Gasteiger partial charge in [0.15, 0.2) is 11.6 Å². The van der Waals surface area contributed by atoms with Gasteiger partial charge in [-0.25, -0.2) is 8.78 Å². The van der Waals surface area contributed by atoms with Crippen molar-refractivity contribution in [2.45, 2.75) is 12.5 Å². The third kappa shape index (κ3) is 1.82. The van der Waals surface area contributed by atoms with Crippen LogP contribution in [0, 0.1) is 11.6 Å². The topological polar surface area (TPSA) is 46.3 Å². The Morgan fingerprint density at radius 1 is 1.38 bits per heavy atom. The summed E-state index contributed by atoms with van der Waals surface area (Å²) in [5.74, 6) is -1.98. The minimum absolute atomic E-state index is 0.246. The van der Waals surface area contributed by atoms with Crippen molar-refractivity contribution in [1.29, 1.82) is 0 Å². The van der Waals surface area contributed by atoms with E-state index >= 15 is 0 Å². The molecule has 6 heteroatoms. The molecule has 1 heterocycles. The molecule has 3 nitrogen and oxygen atoms in total. The highest BCUT2D eigenvalue weighted by molar-refractivity contribution is 9.10. The molecule has 0 aromatic heterocycles. The summed E-state index contributed by atoms with van der Waals surface area (Å²) in [5.41, 5.74) is 5.17. The minimum Gasteiger partial charge on any atom is -0.320 e. The molecule has 0 bridgehead atoms. The van der Waals surface area contributed by atoms with Crippen LogP contribution in [0.2, 0.25) is 0 Å². The monoisotopic (exact) mass is 290 g/mol. The van der Waals surface area contributed by atoms with Crippen LogP contribution in [0.3, 0.4) is 0 Å². The van der Waals surface area contributed by atoms with Crippen molar-refractivity contribution in [3.63, 3.8) is 0 Å². The minimum atomic E-state index is -0.769. The van der Waals surface area contributed by atoms with Gasteiger partial charge in [0.25, 0.3) is 0 Å². The van der Waals surface area contributed by atoms with Gasteiger partial charge in [-0.3, -0.25) is 4.79 Å². The van der Waals surface area contributed by atoms with Crippen molar-refractivity contribution >= 4 is 27.5 Å². The zero-order chi connectivity index (χ0) is 11.9. The molecule has 1 aliphatic rings. The summed E-state index contributed by atoms with van der Waals surface area (Å²) < 4.78 is 27.4. The Hall–Kier alpha value is -1.01. The molecule has 1 aliphatic heterocycles. The van der Waals surface area contributed by atoms with Crippen molar-refractivity contribution in [2.24, 2.45) is 5.73 Å². The molecule has 1 aromatic carbocycles. The van der Waals surface area contributed by atoms with Crippen LogP contribution in [0.15, 0.2) is 16.6 Å². The number of hydrogen-bond donors (Lipinski definition) is 1. The van der Waals surface area contributed by atoms with E-state index < -0.39 is 23.6 Å². The van der Waals surface area contributed by atoms with Gasteiger partial charge in [0.2, 0.25) is 5.91 Å². The van der Waals surface area contributed by atoms with Gasteiger partial charge in [0, 0.05) is 11.0 Å². The smallest absolute Gasteiger partial charge is 0.244 e. The third-order valence-corrected chi connectivity index (χ3v) is 2.96. The molecule has 0 spiro atoms. The molecule has 1 fully saturated rings.